The fourth-order valence-electron chi connectivity index (χ4n) is 0.929. The highest BCUT2D eigenvalue weighted by molar-refractivity contribution is 6.24. The molecule has 0 saturated heterocycles. The van der Waals surface area contributed by atoms with E-state index in [2.05, 4.69) is 0 Å². The van der Waals surface area contributed by atoms with Crippen LogP contribution in [0.1, 0.15) is 26.2 Å². The van der Waals surface area contributed by atoms with E-state index in [0.29, 0.717) is 12.2 Å². The van der Waals surface area contributed by atoms with Crippen molar-refractivity contribution in [3.8, 4) is 0 Å². The molecule has 1 rings (SSSR count). The Hall–Kier alpha value is -0.0400. The Bertz CT molecular complexity index is 122. The number of ketones is 1. The summed E-state index contributed by atoms with van der Waals surface area (Å²) in [5, 5.41) is 0.170. The smallest absolute Gasteiger partial charge is 0.137 e. The lowest BCUT2D eigenvalue weighted by Gasteiger charge is -1.91. The van der Waals surface area contributed by atoms with E-state index in [9.17, 15) is 4.79 Å². The van der Waals surface area contributed by atoms with E-state index in [4.69, 9.17) is 11.6 Å². The SMILES string of the molecule is CCCC(=O)[C@@H]1C[C@@H]1Cl. The molecule has 1 aliphatic rings. The second-order valence-electron chi connectivity index (χ2n) is 2.57. The van der Waals surface area contributed by atoms with Gasteiger partial charge in [-0.2, -0.15) is 0 Å². The number of carbonyl (C=O) groups excluding carboxylic acids is 1. The van der Waals surface area contributed by atoms with Crippen molar-refractivity contribution in [1.29, 1.82) is 0 Å². The van der Waals surface area contributed by atoms with Crippen LogP contribution in [-0.2, 0) is 4.79 Å². The van der Waals surface area contributed by atoms with Gasteiger partial charge in [-0.15, -0.1) is 11.6 Å². The van der Waals surface area contributed by atoms with Gasteiger partial charge in [-0.1, -0.05) is 6.92 Å². The third kappa shape index (κ3) is 1.68. The quantitative estimate of drug-likeness (QED) is 0.557. The maximum Gasteiger partial charge on any atom is 0.137 e. The number of hydrogen-bond acceptors (Lipinski definition) is 1. The topological polar surface area (TPSA) is 17.1 Å². The number of halogens is 1. The predicted octanol–water partition coefficient (Wildman–Crippen LogP) is 1.98. The van der Waals surface area contributed by atoms with E-state index in [1.54, 1.807) is 0 Å². The molecular formula is C7H11ClO. The number of rotatable bonds is 3. The summed E-state index contributed by atoms with van der Waals surface area (Å²) >= 11 is 5.66. The van der Waals surface area contributed by atoms with Gasteiger partial charge >= 0.3 is 0 Å². The molecular weight excluding hydrogens is 136 g/mol. The minimum Gasteiger partial charge on any atom is -0.299 e. The molecule has 1 saturated carbocycles. The van der Waals surface area contributed by atoms with Crippen LogP contribution in [0.4, 0.5) is 0 Å². The van der Waals surface area contributed by atoms with Crippen LogP contribution < -0.4 is 0 Å². The molecule has 0 amide bonds. The molecule has 0 N–H and O–H groups in total. The van der Waals surface area contributed by atoms with Gasteiger partial charge in [0.05, 0.1) is 0 Å². The van der Waals surface area contributed by atoms with Crippen molar-refractivity contribution < 1.29 is 4.79 Å². The Morgan fingerprint density at radius 1 is 1.78 bits per heavy atom. The monoisotopic (exact) mass is 146 g/mol. The van der Waals surface area contributed by atoms with Crippen LogP contribution in [0, 0.1) is 5.92 Å². The van der Waals surface area contributed by atoms with Crippen LogP contribution in [-0.4, -0.2) is 11.2 Å². The fourth-order valence-corrected chi connectivity index (χ4v) is 1.26. The second-order valence-corrected chi connectivity index (χ2v) is 3.14. The first-order valence-electron chi connectivity index (χ1n) is 3.42. The average Bonchev–Trinajstić information content (AvgIpc) is 2.47. The summed E-state index contributed by atoms with van der Waals surface area (Å²) in [6.45, 7) is 2.02. The highest BCUT2D eigenvalue weighted by atomic mass is 35.5. The van der Waals surface area contributed by atoms with Crippen LogP contribution in [0.25, 0.3) is 0 Å². The van der Waals surface area contributed by atoms with Crippen molar-refractivity contribution in [3.63, 3.8) is 0 Å². The molecule has 52 valence electrons. The van der Waals surface area contributed by atoms with E-state index < -0.39 is 0 Å². The Morgan fingerprint density at radius 3 is 2.67 bits per heavy atom. The van der Waals surface area contributed by atoms with Gasteiger partial charge in [0, 0.05) is 17.7 Å². The summed E-state index contributed by atoms with van der Waals surface area (Å²) in [4.78, 5) is 10.9. The molecule has 2 atom stereocenters. The minimum atomic E-state index is 0.170. The molecule has 0 aromatic heterocycles. The summed E-state index contributed by atoms with van der Waals surface area (Å²) in [5.41, 5.74) is 0. The molecule has 0 heterocycles. The normalized spacial score (nSPS) is 32.2. The highest BCUT2D eigenvalue weighted by Gasteiger charge is 2.40. The Kier molecular flexibility index (Phi) is 2.12. The lowest BCUT2D eigenvalue weighted by molar-refractivity contribution is -0.120. The first-order valence-corrected chi connectivity index (χ1v) is 3.86. The molecule has 0 radical (unpaired) electrons. The zero-order valence-corrected chi connectivity index (χ0v) is 6.32. The van der Waals surface area contributed by atoms with Gasteiger partial charge < -0.3 is 0 Å². The maximum atomic E-state index is 10.9. The number of Topliss-reactive ketones (excluding diaryl/α,β-unsaturated/α-hetero) is 1. The van der Waals surface area contributed by atoms with Gasteiger partial charge in [-0.25, -0.2) is 0 Å². The maximum absolute atomic E-state index is 10.9. The number of carbonyl (C=O) groups is 1. The van der Waals surface area contributed by atoms with E-state index in [0.717, 1.165) is 12.8 Å². The summed E-state index contributed by atoms with van der Waals surface area (Å²) < 4.78 is 0. The van der Waals surface area contributed by atoms with E-state index in [1.165, 1.54) is 0 Å². The summed E-state index contributed by atoms with van der Waals surface area (Å²) in [7, 11) is 0. The lowest BCUT2D eigenvalue weighted by Crippen LogP contribution is -2.00. The Labute approximate surface area is 60.4 Å². The summed E-state index contributed by atoms with van der Waals surface area (Å²) in [5.74, 6) is 0.573. The van der Waals surface area contributed by atoms with Gasteiger partial charge in [0.15, 0.2) is 0 Å². The standard InChI is InChI=1S/C7H11ClO/c1-2-3-7(9)5-4-6(5)8/h5-6H,2-4H2,1H3/t5-,6+/m1/s1. The molecule has 1 aliphatic carbocycles. The van der Waals surface area contributed by atoms with E-state index >= 15 is 0 Å². The molecule has 0 bridgehead atoms. The van der Waals surface area contributed by atoms with Crippen LogP contribution in [0.3, 0.4) is 0 Å². The molecule has 0 spiro atoms. The van der Waals surface area contributed by atoms with Gasteiger partial charge in [0.2, 0.25) is 0 Å². The van der Waals surface area contributed by atoms with Gasteiger partial charge in [0.1, 0.15) is 5.78 Å². The molecule has 1 nitrogen and oxygen atoms in total. The first kappa shape index (κ1) is 7.07. The van der Waals surface area contributed by atoms with Crippen LogP contribution in [0.15, 0.2) is 0 Å². The van der Waals surface area contributed by atoms with E-state index in [-0.39, 0.29) is 11.3 Å². The highest BCUT2D eigenvalue weighted by Crippen LogP contribution is 2.37. The van der Waals surface area contributed by atoms with Crippen molar-refractivity contribution in [2.45, 2.75) is 31.6 Å². The molecule has 0 unspecified atom stereocenters. The van der Waals surface area contributed by atoms with Crippen LogP contribution in [0.5, 0.6) is 0 Å². The first-order chi connectivity index (χ1) is 4.25. The van der Waals surface area contributed by atoms with Crippen molar-refractivity contribution in [3.05, 3.63) is 0 Å². The van der Waals surface area contributed by atoms with Crippen molar-refractivity contribution in [1.82, 2.24) is 0 Å². The van der Waals surface area contributed by atoms with Crippen molar-refractivity contribution >= 4 is 17.4 Å². The zero-order chi connectivity index (χ0) is 6.85. The van der Waals surface area contributed by atoms with E-state index in [1.807, 2.05) is 6.92 Å². The number of hydrogen-bond donors (Lipinski definition) is 0. The fraction of sp³-hybridized carbons (Fsp3) is 0.857. The molecule has 1 fully saturated rings. The van der Waals surface area contributed by atoms with Gasteiger partial charge in [0.25, 0.3) is 0 Å². The third-order valence-corrected chi connectivity index (χ3v) is 2.10. The Morgan fingerprint density at radius 2 is 2.33 bits per heavy atom. The lowest BCUT2D eigenvalue weighted by atomic mass is 10.2. The molecule has 9 heavy (non-hydrogen) atoms. The zero-order valence-electron chi connectivity index (χ0n) is 5.56. The molecule has 2 heteroatoms. The summed E-state index contributed by atoms with van der Waals surface area (Å²) in [6.07, 6.45) is 2.59. The van der Waals surface area contributed by atoms with Crippen molar-refractivity contribution in [2.24, 2.45) is 5.92 Å². The molecule has 0 aliphatic heterocycles. The largest absolute Gasteiger partial charge is 0.299 e. The van der Waals surface area contributed by atoms with Crippen LogP contribution in [0.2, 0.25) is 0 Å². The number of alkyl halides is 1. The third-order valence-electron chi connectivity index (χ3n) is 1.62. The van der Waals surface area contributed by atoms with Gasteiger partial charge in [-0.05, 0) is 12.8 Å². The average molecular weight is 147 g/mol. The van der Waals surface area contributed by atoms with Crippen LogP contribution >= 0.6 is 11.6 Å². The predicted molar refractivity (Wildman–Crippen MR) is 37.7 cm³/mol. The Balaban J connectivity index is 2.20. The second kappa shape index (κ2) is 2.70. The minimum absolute atomic E-state index is 0.170. The van der Waals surface area contributed by atoms with Crippen molar-refractivity contribution in [2.75, 3.05) is 0 Å². The summed E-state index contributed by atoms with van der Waals surface area (Å²) in [6, 6.07) is 0. The van der Waals surface area contributed by atoms with Gasteiger partial charge in [-0.3, -0.25) is 4.79 Å². The molecule has 0 aromatic carbocycles. The molecule has 0 aromatic rings.